The van der Waals surface area contributed by atoms with Crippen LogP contribution in [-0.2, 0) is 11.2 Å². The summed E-state index contributed by atoms with van der Waals surface area (Å²) in [6, 6.07) is 24.4. The molecular weight excluding hydrogens is 412 g/mol. The van der Waals surface area contributed by atoms with E-state index >= 15 is 0 Å². The first-order valence-corrected chi connectivity index (χ1v) is 10.8. The van der Waals surface area contributed by atoms with Crippen LogP contribution in [0.5, 0.6) is 11.5 Å². The van der Waals surface area contributed by atoms with Crippen LogP contribution >= 0.6 is 11.6 Å². The number of aliphatic carboxylic acids is 1. The molecule has 1 N–H and O–H groups in total. The van der Waals surface area contributed by atoms with Gasteiger partial charge in [0.15, 0.2) is 0 Å². The Bertz CT molecular complexity index is 1010. The number of halogens is 1. The van der Waals surface area contributed by atoms with Crippen LogP contribution in [0.15, 0.2) is 78.9 Å². The molecule has 31 heavy (non-hydrogen) atoms. The van der Waals surface area contributed by atoms with E-state index in [0.717, 1.165) is 18.7 Å². The maximum atomic E-state index is 12.2. The summed E-state index contributed by atoms with van der Waals surface area (Å²) in [6.45, 7) is 2.94. The molecular formula is C25H25ClN2O3. The largest absolute Gasteiger partial charge is 0.480 e. The summed E-state index contributed by atoms with van der Waals surface area (Å²) >= 11 is 6.23. The van der Waals surface area contributed by atoms with Crippen LogP contribution in [0.2, 0.25) is 5.02 Å². The summed E-state index contributed by atoms with van der Waals surface area (Å²) in [4.78, 5) is 16.5. The lowest BCUT2D eigenvalue weighted by Gasteiger charge is -2.39. The zero-order valence-corrected chi connectivity index (χ0v) is 17.9. The number of para-hydroxylation sites is 2. The number of hydrogen-bond donors (Lipinski definition) is 1. The smallest absolute Gasteiger partial charge is 0.321 e. The normalized spacial score (nSPS) is 15.5. The van der Waals surface area contributed by atoms with Gasteiger partial charge in [-0.2, -0.15) is 0 Å². The van der Waals surface area contributed by atoms with Crippen LogP contribution in [0, 0.1) is 0 Å². The van der Waals surface area contributed by atoms with Gasteiger partial charge in [0.05, 0.1) is 0 Å². The van der Waals surface area contributed by atoms with Gasteiger partial charge in [-0.3, -0.25) is 9.69 Å². The Morgan fingerprint density at radius 1 is 0.935 bits per heavy atom. The number of benzene rings is 3. The van der Waals surface area contributed by atoms with Gasteiger partial charge >= 0.3 is 5.97 Å². The number of hydrogen-bond acceptors (Lipinski definition) is 4. The molecule has 0 aromatic heterocycles. The highest BCUT2D eigenvalue weighted by atomic mass is 35.5. The average Bonchev–Trinajstić information content (AvgIpc) is 2.80. The van der Waals surface area contributed by atoms with E-state index in [2.05, 4.69) is 17.0 Å². The minimum absolute atomic E-state index is 0.323. The fourth-order valence-electron chi connectivity index (χ4n) is 3.93. The summed E-state index contributed by atoms with van der Waals surface area (Å²) in [5.74, 6) is 0.498. The molecule has 0 aliphatic carbocycles. The lowest BCUT2D eigenvalue weighted by Crippen LogP contribution is -2.53. The topological polar surface area (TPSA) is 53.0 Å². The van der Waals surface area contributed by atoms with Gasteiger partial charge in [-0.1, -0.05) is 48.0 Å². The molecule has 3 aromatic rings. The summed E-state index contributed by atoms with van der Waals surface area (Å²) in [5.41, 5.74) is 1.96. The summed E-state index contributed by atoms with van der Waals surface area (Å²) < 4.78 is 6.03. The van der Waals surface area contributed by atoms with Gasteiger partial charge in [0.2, 0.25) is 0 Å². The van der Waals surface area contributed by atoms with Crippen LogP contribution in [0.25, 0.3) is 0 Å². The Labute approximate surface area is 187 Å². The van der Waals surface area contributed by atoms with Crippen molar-refractivity contribution in [3.05, 3.63) is 89.4 Å². The molecule has 160 valence electrons. The number of anilines is 1. The third-order valence-electron chi connectivity index (χ3n) is 5.57. The van der Waals surface area contributed by atoms with Crippen molar-refractivity contribution in [3.8, 4) is 11.5 Å². The van der Waals surface area contributed by atoms with Crippen LogP contribution in [0.3, 0.4) is 0 Å². The number of rotatable bonds is 7. The zero-order chi connectivity index (χ0) is 21.6. The molecule has 5 nitrogen and oxygen atoms in total. The summed E-state index contributed by atoms with van der Waals surface area (Å²) in [5, 5.41) is 10.6. The van der Waals surface area contributed by atoms with Crippen molar-refractivity contribution in [1.82, 2.24) is 4.90 Å². The second-order valence-electron chi connectivity index (χ2n) is 7.58. The molecule has 3 aromatic carbocycles. The molecule has 1 saturated heterocycles. The number of carboxylic acid groups (broad SMARTS) is 1. The maximum Gasteiger partial charge on any atom is 0.321 e. The van der Waals surface area contributed by atoms with Gasteiger partial charge in [-0.25, -0.2) is 0 Å². The third-order valence-corrected chi connectivity index (χ3v) is 5.80. The molecule has 0 saturated carbocycles. The monoisotopic (exact) mass is 436 g/mol. The molecule has 0 spiro atoms. The van der Waals surface area contributed by atoms with E-state index in [1.165, 1.54) is 5.69 Å². The molecule has 1 heterocycles. The molecule has 1 fully saturated rings. The number of ether oxygens (including phenoxy) is 1. The molecule has 6 heteroatoms. The third kappa shape index (κ3) is 5.37. The molecule has 1 unspecified atom stereocenters. The lowest BCUT2D eigenvalue weighted by atomic mass is 10.0. The highest BCUT2D eigenvalue weighted by Gasteiger charge is 2.30. The van der Waals surface area contributed by atoms with Gasteiger partial charge in [0, 0.05) is 43.3 Å². The number of nitrogens with zero attached hydrogens (tertiary/aromatic N) is 2. The van der Waals surface area contributed by atoms with Crippen molar-refractivity contribution in [3.63, 3.8) is 0 Å². The zero-order valence-electron chi connectivity index (χ0n) is 17.2. The van der Waals surface area contributed by atoms with Crippen LogP contribution in [0.1, 0.15) is 5.56 Å². The molecule has 0 amide bonds. The molecule has 4 rings (SSSR count). The average molecular weight is 437 g/mol. The van der Waals surface area contributed by atoms with Gasteiger partial charge in [0.1, 0.15) is 17.5 Å². The first-order chi connectivity index (χ1) is 15.1. The Hall–Kier alpha value is -3.02. The number of piperazine rings is 1. The van der Waals surface area contributed by atoms with Gasteiger partial charge < -0.3 is 14.7 Å². The van der Waals surface area contributed by atoms with E-state index in [-0.39, 0.29) is 0 Å². The van der Waals surface area contributed by atoms with Gasteiger partial charge in [0.25, 0.3) is 0 Å². The molecule has 1 aliphatic heterocycles. The second-order valence-corrected chi connectivity index (χ2v) is 8.02. The SMILES string of the molecule is O=C(O)C(Cc1cc(Cl)ccc1Oc1ccccc1)N1CCN(c2ccccc2)CC1. The van der Waals surface area contributed by atoms with Crippen LogP contribution < -0.4 is 9.64 Å². The Balaban J connectivity index is 1.49. The molecule has 0 radical (unpaired) electrons. The summed E-state index contributed by atoms with van der Waals surface area (Å²) in [6.07, 6.45) is 0.323. The van der Waals surface area contributed by atoms with Crippen LogP contribution in [-0.4, -0.2) is 48.2 Å². The molecule has 0 bridgehead atoms. The van der Waals surface area contributed by atoms with E-state index in [9.17, 15) is 9.90 Å². The predicted octanol–water partition coefficient (Wildman–Crippen LogP) is 4.95. The minimum Gasteiger partial charge on any atom is -0.480 e. The second kappa shape index (κ2) is 9.86. The van der Waals surface area contributed by atoms with E-state index in [0.29, 0.717) is 36.0 Å². The fourth-order valence-corrected chi connectivity index (χ4v) is 4.13. The van der Waals surface area contributed by atoms with Crippen molar-refractivity contribution >= 4 is 23.3 Å². The van der Waals surface area contributed by atoms with Gasteiger partial charge in [-0.15, -0.1) is 0 Å². The minimum atomic E-state index is -0.834. The van der Waals surface area contributed by atoms with E-state index in [4.69, 9.17) is 16.3 Å². The van der Waals surface area contributed by atoms with E-state index in [1.54, 1.807) is 18.2 Å². The van der Waals surface area contributed by atoms with Gasteiger partial charge in [-0.05, 0) is 48.0 Å². The number of carbonyl (C=O) groups is 1. The summed E-state index contributed by atoms with van der Waals surface area (Å²) in [7, 11) is 0. The Morgan fingerprint density at radius 2 is 1.58 bits per heavy atom. The molecule has 1 aliphatic rings. The van der Waals surface area contributed by atoms with Crippen molar-refractivity contribution in [1.29, 1.82) is 0 Å². The first-order valence-electron chi connectivity index (χ1n) is 10.4. The first kappa shape index (κ1) is 21.2. The van der Waals surface area contributed by atoms with Crippen molar-refractivity contribution < 1.29 is 14.6 Å². The fraction of sp³-hybridized carbons (Fsp3) is 0.240. The predicted molar refractivity (Wildman–Crippen MR) is 123 cm³/mol. The lowest BCUT2D eigenvalue weighted by molar-refractivity contribution is -0.143. The van der Waals surface area contributed by atoms with Crippen molar-refractivity contribution in [2.24, 2.45) is 0 Å². The van der Waals surface area contributed by atoms with Crippen molar-refractivity contribution in [2.45, 2.75) is 12.5 Å². The van der Waals surface area contributed by atoms with Crippen LogP contribution in [0.4, 0.5) is 5.69 Å². The Morgan fingerprint density at radius 3 is 2.23 bits per heavy atom. The highest BCUT2D eigenvalue weighted by molar-refractivity contribution is 6.30. The van der Waals surface area contributed by atoms with E-state index < -0.39 is 12.0 Å². The van der Waals surface area contributed by atoms with E-state index in [1.807, 2.05) is 53.4 Å². The molecule has 1 atom stereocenters. The maximum absolute atomic E-state index is 12.2. The standard InChI is InChI=1S/C25H25ClN2O3/c26-20-11-12-24(31-22-9-5-2-6-10-22)19(17-20)18-23(25(29)30)28-15-13-27(14-16-28)21-7-3-1-4-8-21/h1-12,17,23H,13-16,18H2,(H,29,30). The van der Waals surface area contributed by atoms with Crippen molar-refractivity contribution in [2.75, 3.05) is 31.1 Å². The number of carboxylic acids is 1. The Kier molecular flexibility index (Phi) is 6.75. The quantitative estimate of drug-likeness (QED) is 0.568. The highest BCUT2D eigenvalue weighted by Crippen LogP contribution is 2.30.